The first-order chi connectivity index (χ1) is 19.5. The lowest BCUT2D eigenvalue weighted by atomic mass is 10.1. The normalized spacial score (nSPS) is 12.5. The number of nitrogens with one attached hydrogen (secondary N) is 2. The summed E-state index contributed by atoms with van der Waals surface area (Å²) in [6.07, 6.45) is -2.20. The minimum atomic E-state index is -5.08. The summed E-state index contributed by atoms with van der Waals surface area (Å²) in [6, 6.07) is 12.7. The number of amidine groups is 1. The highest BCUT2D eigenvalue weighted by molar-refractivity contribution is 7.89. The Bertz CT molecular complexity index is 1370. The molecule has 11 nitrogen and oxygen atoms in total. The Labute approximate surface area is 243 Å². The summed E-state index contributed by atoms with van der Waals surface area (Å²) in [6.45, 7) is 3.88. The number of hydrogen-bond acceptors (Lipinski definition) is 8. The van der Waals surface area contributed by atoms with Gasteiger partial charge < -0.3 is 19.8 Å². The van der Waals surface area contributed by atoms with E-state index in [9.17, 15) is 30.0 Å². The van der Waals surface area contributed by atoms with E-state index in [-0.39, 0.29) is 29.7 Å². The van der Waals surface area contributed by atoms with Gasteiger partial charge in [0.1, 0.15) is 23.9 Å². The number of hydrogen-bond donors (Lipinski definition) is 4. The molecule has 236 valence electrons. The first kappa shape index (κ1) is 36.7. The Balaban J connectivity index is 0.00000112. The summed E-state index contributed by atoms with van der Waals surface area (Å²) >= 11 is 0. The van der Waals surface area contributed by atoms with Crippen LogP contribution in [0, 0.1) is 5.41 Å². The van der Waals surface area contributed by atoms with Gasteiger partial charge in [0.05, 0.1) is 17.5 Å². The van der Waals surface area contributed by atoms with E-state index >= 15 is 0 Å². The number of rotatable bonds is 16. The van der Waals surface area contributed by atoms with Crippen LogP contribution in [-0.4, -0.2) is 64.1 Å². The molecule has 0 aromatic heterocycles. The zero-order chi connectivity index (χ0) is 32.0. The third-order valence-electron chi connectivity index (χ3n) is 5.33. The summed E-state index contributed by atoms with van der Waals surface area (Å²) in [5, 5.41) is 14.7. The van der Waals surface area contributed by atoms with Gasteiger partial charge >= 0.3 is 22.3 Å². The number of halogens is 3. The maximum absolute atomic E-state index is 12.5. The van der Waals surface area contributed by atoms with Crippen LogP contribution in [0.2, 0.25) is 0 Å². The summed E-state index contributed by atoms with van der Waals surface area (Å²) in [5.41, 5.74) is 6.82. The molecular formula is C26H36F3N3O8S2. The Morgan fingerprint density at radius 2 is 1.57 bits per heavy atom. The summed E-state index contributed by atoms with van der Waals surface area (Å²) in [5.74, 6) is -2.20. The van der Waals surface area contributed by atoms with Crippen molar-refractivity contribution in [2.24, 2.45) is 5.73 Å². The van der Waals surface area contributed by atoms with Crippen LogP contribution in [0.5, 0.6) is 11.5 Å². The Morgan fingerprint density at radius 3 is 2.10 bits per heavy atom. The molecule has 0 radical (unpaired) electrons. The van der Waals surface area contributed by atoms with E-state index in [0.717, 1.165) is 18.4 Å². The highest BCUT2D eigenvalue weighted by atomic mass is 32.2. The fourth-order valence-corrected chi connectivity index (χ4v) is 5.78. The second kappa shape index (κ2) is 16.9. The number of carbonyl (C=O) groups is 1. The van der Waals surface area contributed by atoms with Crippen molar-refractivity contribution >= 4 is 31.9 Å². The Hall–Kier alpha value is -3.37. The zero-order valence-electron chi connectivity index (χ0n) is 23.2. The van der Waals surface area contributed by atoms with Gasteiger partial charge in [0.15, 0.2) is 0 Å². The predicted molar refractivity (Wildman–Crippen MR) is 152 cm³/mol. The van der Waals surface area contributed by atoms with E-state index in [1.807, 2.05) is 13.8 Å². The molecule has 16 heteroatoms. The standard InChI is InChI=1S/C24H35N3O6S2.C2HF3O2/c1-3-5-14-34(28,29)27-21(18-32-23-9-7-8-20(17-23)24(25)26)16-19-10-12-22(13-11-19)33-35(30,31)15-6-4-2;3-2(4,5)1(6)7/h7-13,17,21,27H,3-6,14-16,18H2,1-2H3,(H3,25,26);(H,6,7)/t21-;/m0./s1. The zero-order valence-corrected chi connectivity index (χ0v) is 24.8. The average Bonchev–Trinajstić information content (AvgIpc) is 2.90. The van der Waals surface area contributed by atoms with Gasteiger partial charge in [-0.05, 0) is 49.1 Å². The SMILES string of the molecule is CCCCS(=O)(=O)N[C@H](COc1cccc(C(=N)N)c1)Cc1ccc(OS(=O)(=O)CCCC)cc1.O=C(O)C(F)(F)F. The third-order valence-corrected chi connectivity index (χ3v) is 8.08. The maximum atomic E-state index is 12.5. The molecule has 0 aliphatic carbocycles. The van der Waals surface area contributed by atoms with Crippen LogP contribution in [0.25, 0.3) is 0 Å². The molecule has 2 rings (SSSR count). The molecule has 2 aromatic carbocycles. The third kappa shape index (κ3) is 15.0. The molecule has 0 bridgehead atoms. The molecule has 0 aliphatic heterocycles. The lowest BCUT2D eigenvalue weighted by Crippen LogP contribution is -2.41. The van der Waals surface area contributed by atoms with Crippen molar-refractivity contribution in [1.29, 1.82) is 5.41 Å². The van der Waals surface area contributed by atoms with Crippen molar-refractivity contribution in [3.05, 3.63) is 59.7 Å². The van der Waals surface area contributed by atoms with Crippen molar-refractivity contribution in [3.8, 4) is 11.5 Å². The molecule has 2 aromatic rings. The van der Waals surface area contributed by atoms with Crippen molar-refractivity contribution in [3.63, 3.8) is 0 Å². The maximum Gasteiger partial charge on any atom is 0.490 e. The first-order valence-electron chi connectivity index (χ1n) is 12.9. The number of carboxylic acids is 1. The summed E-state index contributed by atoms with van der Waals surface area (Å²) < 4.78 is 94.5. The van der Waals surface area contributed by atoms with Gasteiger partial charge in [0.2, 0.25) is 10.0 Å². The van der Waals surface area contributed by atoms with E-state index in [4.69, 9.17) is 30.0 Å². The molecule has 0 amide bonds. The number of sulfonamides is 1. The molecule has 0 heterocycles. The molecule has 0 aliphatic rings. The van der Waals surface area contributed by atoms with Crippen LogP contribution in [0.15, 0.2) is 48.5 Å². The molecule has 0 spiro atoms. The molecular weight excluding hydrogens is 603 g/mol. The van der Waals surface area contributed by atoms with Gasteiger partial charge in [0, 0.05) is 5.56 Å². The molecule has 42 heavy (non-hydrogen) atoms. The van der Waals surface area contributed by atoms with E-state index in [2.05, 4.69) is 4.72 Å². The number of carboxylic acid groups (broad SMARTS) is 1. The van der Waals surface area contributed by atoms with Crippen molar-refractivity contribution in [2.75, 3.05) is 18.1 Å². The largest absolute Gasteiger partial charge is 0.492 e. The lowest BCUT2D eigenvalue weighted by Gasteiger charge is -2.20. The molecule has 1 atom stereocenters. The van der Waals surface area contributed by atoms with Crippen LogP contribution in [0.4, 0.5) is 13.2 Å². The Morgan fingerprint density at radius 1 is 1.00 bits per heavy atom. The summed E-state index contributed by atoms with van der Waals surface area (Å²) in [4.78, 5) is 8.90. The van der Waals surface area contributed by atoms with Gasteiger partial charge in [-0.3, -0.25) is 5.41 Å². The Kier molecular flexibility index (Phi) is 14.8. The van der Waals surface area contributed by atoms with E-state index in [1.165, 1.54) is 0 Å². The topological polar surface area (TPSA) is 186 Å². The van der Waals surface area contributed by atoms with Crippen LogP contribution < -0.4 is 19.4 Å². The predicted octanol–water partition coefficient (Wildman–Crippen LogP) is 3.82. The molecule has 0 fully saturated rings. The molecule has 5 N–H and O–H groups in total. The van der Waals surface area contributed by atoms with Crippen LogP contribution in [0.1, 0.15) is 50.7 Å². The number of nitrogens with two attached hydrogens (primary N) is 1. The van der Waals surface area contributed by atoms with Gasteiger partial charge in [-0.25, -0.2) is 17.9 Å². The highest BCUT2D eigenvalue weighted by Gasteiger charge is 2.38. The fraction of sp³-hybridized carbons (Fsp3) is 0.462. The number of ether oxygens (including phenoxy) is 1. The number of nitrogen functional groups attached to an aromatic ring is 1. The second-order valence-electron chi connectivity index (χ2n) is 9.09. The number of aliphatic carboxylic acids is 1. The molecule has 0 saturated heterocycles. The minimum absolute atomic E-state index is 0.0161. The first-order valence-corrected chi connectivity index (χ1v) is 16.1. The van der Waals surface area contributed by atoms with E-state index < -0.39 is 38.3 Å². The van der Waals surface area contributed by atoms with E-state index in [0.29, 0.717) is 30.6 Å². The average molecular weight is 640 g/mol. The number of unbranched alkanes of at least 4 members (excludes halogenated alkanes) is 2. The van der Waals surface area contributed by atoms with Crippen molar-refractivity contribution in [2.45, 2.75) is 58.2 Å². The smallest absolute Gasteiger partial charge is 0.490 e. The lowest BCUT2D eigenvalue weighted by molar-refractivity contribution is -0.192. The van der Waals surface area contributed by atoms with E-state index in [1.54, 1.807) is 48.5 Å². The van der Waals surface area contributed by atoms with Gasteiger partial charge in [-0.2, -0.15) is 21.6 Å². The number of benzene rings is 2. The quantitative estimate of drug-likeness (QED) is 0.120. The van der Waals surface area contributed by atoms with Crippen LogP contribution in [-0.2, 0) is 31.4 Å². The summed E-state index contributed by atoms with van der Waals surface area (Å²) in [7, 11) is -7.17. The van der Waals surface area contributed by atoms with Gasteiger partial charge in [0.25, 0.3) is 0 Å². The van der Waals surface area contributed by atoms with Crippen molar-refractivity contribution in [1.82, 2.24) is 4.72 Å². The minimum Gasteiger partial charge on any atom is -0.492 e. The highest BCUT2D eigenvalue weighted by Crippen LogP contribution is 2.18. The molecule has 0 saturated carbocycles. The second-order valence-corrected chi connectivity index (χ2v) is 12.7. The number of alkyl halides is 3. The monoisotopic (exact) mass is 639 g/mol. The van der Waals surface area contributed by atoms with Gasteiger partial charge in [-0.15, -0.1) is 0 Å². The van der Waals surface area contributed by atoms with Crippen molar-refractivity contribution < 1.29 is 48.8 Å². The fourth-order valence-electron chi connectivity index (χ4n) is 3.21. The molecule has 0 unspecified atom stereocenters. The van der Waals surface area contributed by atoms with Gasteiger partial charge in [-0.1, -0.05) is 51.0 Å². The van der Waals surface area contributed by atoms with Crippen LogP contribution >= 0.6 is 0 Å². The van der Waals surface area contributed by atoms with Crippen LogP contribution in [0.3, 0.4) is 0 Å².